The van der Waals surface area contributed by atoms with E-state index in [1.54, 1.807) is 23.5 Å². The lowest BCUT2D eigenvalue weighted by atomic mass is 9.98. The van der Waals surface area contributed by atoms with Crippen molar-refractivity contribution in [3.63, 3.8) is 0 Å². The van der Waals surface area contributed by atoms with Gasteiger partial charge in [0, 0.05) is 11.6 Å². The van der Waals surface area contributed by atoms with Crippen LogP contribution in [0.5, 0.6) is 0 Å². The summed E-state index contributed by atoms with van der Waals surface area (Å²) in [6, 6.07) is 6.53. The first kappa shape index (κ1) is 11.3. The molecule has 84 valence electrons. The van der Waals surface area contributed by atoms with Gasteiger partial charge in [0.25, 0.3) is 0 Å². The molecular formula is C13H14FNS. The highest BCUT2D eigenvalue weighted by Gasteiger charge is 2.18. The first-order chi connectivity index (χ1) is 7.47. The first-order valence-electron chi connectivity index (χ1n) is 5.19. The molecule has 0 aliphatic heterocycles. The molecule has 0 aliphatic rings. The van der Waals surface area contributed by atoms with Crippen molar-refractivity contribution >= 4 is 11.3 Å². The molecule has 3 heteroatoms. The predicted octanol–water partition coefficient (Wildman–Crippen LogP) is 4.25. The number of benzene rings is 1. The molecule has 1 aromatic carbocycles. The molecule has 0 fully saturated rings. The second-order valence-electron chi connectivity index (χ2n) is 4.79. The lowest BCUT2D eigenvalue weighted by Gasteiger charge is -2.13. The van der Waals surface area contributed by atoms with E-state index in [2.05, 4.69) is 25.8 Å². The Labute approximate surface area is 99.0 Å². The van der Waals surface area contributed by atoms with Gasteiger partial charge >= 0.3 is 0 Å². The SMILES string of the molecule is CC(C)(C)c1ncc(-c2ccc(F)cc2)s1. The molecule has 0 saturated heterocycles. The minimum Gasteiger partial charge on any atom is -0.248 e. The summed E-state index contributed by atoms with van der Waals surface area (Å²) >= 11 is 1.67. The van der Waals surface area contributed by atoms with Gasteiger partial charge in [0.05, 0.1) is 9.88 Å². The molecule has 0 amide bonds. The maximum absolute atomic E-state index is 12.8. The van der Waals surface area contributed by atoms with Crippen LogP contribution in [0.2, 0.25) is 0 Å². The van der Waals surface area contributed by atoms with E-state index in [1.807, 2.05) is 6.20 Å². The highest BCUT2D eigenvalue weighted by Crippen LogP contribution is 2.32. The maximum atomic E-state index is 12.8. The Morgan fingerprint density at radius 3 is 2.25 bits per heavy atom. The van der Waals surface area contributed by atoms with Crippen LogP contribution in [0.25, 0.3) is 10.4 Å². The Hall–Kier alpha value is -1.22. The van der Waals surface area contributed by atoms with Gasteiger partial charge in [-0.2, -0.15) is 0 Å². The van der Waals surface area contributed by atoms with Crippen molar-refractivity contribution in [3.05, 3.63) is 41.3 Å². The van der Waals surface area contributed by atoms with Crippen LogP contribution in [0.4, 0.5) is 4.39 Å². The summed E-state index contributed by atoms with van der Waals surface area (Å²) in [5.41, 5.74) is 1.09. The second-order valence-corrected chi connectivity index (χ2v) is 5.82. The van der Waals surface area contributed by atoms with Crippen molar-refractivity contribution in [3.8, 4) is 10.4 Å². The molecule has 0 N–H and O–H groups in total. The first-order valence-corrected chi connectivity index (χ1v) is 6.01. The van der Waals surface area contributed by atoms with Gasteiger partial charge in [-0.1, -0.05) is 32.9 Å². The molecule has 0 saturated carbocycles. The van der Waals surface area contributed by atoms with E-state index in [-0.39, 0.29) is 11.2 Å². The summed E-state index contributed by atoms with van der Waals surface area (Å²) in [7, 11) is 0. The zero-order valence-electron chi connectivity index (χ0n) is 9.62. The van der Waals surface area contributed by atoms with Crippen LogP contribution < -0.4 is 0 Å². The number of hydrogen-bond donors (Lipinski definition) is 0. The molecule has 2 rings (SSSR count). The van der Waals surface area contributed by atoms with Crippen LogP contribution in [0.1, 0.15) is 25.8 Å². The lowest BCUT2D eigenvalue weighted by Crippen LogP contribution is -2.09. The van der Waals surface area contributed by atoms with Gasteiger partial charge in [-0.25, -0.2) is 9.37 Å². The molecule has 0 bridgehead atoms. The Bertz CT molecular complexity index is 479. The van der Waals surface area contributed by atoms with Crippen molar-refractivity contribution in [2.75, 3.05) is 0 Å². The van der Waals surface area contributed by atoms with Crippen LogP contribution in [0.15, 0.2) is 30.5 Å². The molecule has 0 atom stereocenters. The standard InChI is InChI=1S/C13H14FNS/c1-13(2,3)12-15-8-11(16-12)9-4-6-10(14)7-5-9/h4-8H,1-3H3. The number of thiazole rings is 1. The summed E-state index contributed by atoms with van der Waals surface area (Å²) in [5.74, 6) is -0.204. The zero-order chi connectivity index (χ0) is 11.8. The summed E-state index contributed by atoms with van der Waals surface area (Å²) in [4.78, 5) is 5.50. The van der Waals surface area contributed by atoms with Gasteiger partial charge in [-0.3, -0.25) is 0 Å². The fourth-order valence-electron chi connectivity index (χ4n) is 1.37. The maximum Gasteiger partial charge on any atom is 0.123 e. The minimum atomic E-state index is -0.204. The number of halogens is 1. The van der Waals surface area contributed by atoms with Crippen LogP contribution in [0, 0.1) is 5.82 Å². The van der Waals surface area contributed by atoms with E-state index in [9.17, 15) is 4.39 Å². The fourth-order valence-corrected chi connectivity index (χ4v) is 2.35. The van der Waals surface area contributed by atoms with Gasteiger partial charge < -0.3 is 0 Å². The van der Waals surface area contributed by atoms with Gasteiger partial charge in [0.15, 0.2) is 0 Å². The Balaban J connectivity index is 2.35. The minimum absolute atomic E-state index is 0.0724. The topological polar surface area (TPSA) is 12.9 Å². The quantitative estimate of drug-likeness (QED) is 0.720. The van der Waals surface area contributed by atoms with Gasteiger partial charge in [-0.05, 0) is 17.7 Å². The number of hydrogen-bond acceptors (Lipinski definition) is 2. The summed E-state index contributed by atoms with van der Waals surface area (Å²) in [5, 5.41) is 1.10. The van der Waals surface area contributed by atoms with Gasteiger partial charge in [-0.15, -0.1) is 11.3 Å². The molecule has 16 heavy (non-hydrogen) atoms. The Morgan fingerprint density at radius 1 is 1.12 bits per heavy atom. The van der Waals surface area contributed by atoms with E-state index in [0.717, 1.165) is 15.4 Å². The lowest BCUT2D eigenvalue weighted by molar-refractivity contribution is 0.585. The largest absolute Gasteiger partial charge is 0.248 e. The molecule has 0 spiro atoms. The van der Waals surface area contributed by atoms with Crippen LogP contribution in [0.3, 0.4) is 0 Å². The second kappa shape index (κ2) is 3.98. The third-order valence-electron chi connectivity index (χ3n) is 2.28. The molecule has 1 aromatic heterocycles. The van der Waals surface area contributed by atoms with E-state index < -0.39 is 0 Å². The van der Waals surface area contributed by atoms with E-state index in [4.69, 9.17) is 0 Å². The fraction of sp³-hybridized carbons (Fsp3) is 0.308. The molecule has 1 heterocycles. The molecular weight excluding hydrogens is 221 g/mol. The average Bonchev–Trinajstić information content (AvgIpc) is 2.67. The highest BCUT2D eigenvalue weighted by atomic mass is 32.1. The normalized spacial score (nSPS) is 11.8. The van der Waals surface area contributed by atoms with Crippen molar-refractivity contribution in [2.45, 2.75) is 26.2 Å². The third-order valence-corrected chi connectivity index (χ3v) is 3.75. The molecule has 1 nitrogen and oxygen atoms in total. The van der Waals surface area contributed by atoms with Gasteiger partial charge in [0.2, 0.25) is 0 Å². The van der Waals surface area contributed by atoms with Crippen molar-refractivity contribution in [1.82, 2.24) is 4.98 Å². The zero-order valence-corrected chi connectivity index (χ0v) is 10.4. The smallest absolute Gasteiger partial charge is 0.123 e. The average molecular weight is 235 g/mol. The number of aromatic nitrogens is 1. The van der Waals surface area contributed by atoms with Crippen molar-refractivity contribution in [2.24, 2.45) is 0 Å². The molecule has 0 unspecified atom stereocenters. The van der Waals surface area contributed by atoms with E-state index in [0.29, 0.717) is 0 Å². The van der Waals surface area contributed by atoms with Crippen LogP contribution in [-0.2, 0) is 5.41 Å². The Kier molecular flexibility index (Phi) is 2.80. The van der Waals surface area contributed by atoms with Crippen molar-refractivity contribution < 1.29 is 4.39 Å². The molecule has 0 radical (unpaired) electrons. The van der Waals surface area contributed by atoms with Crippen LogP contribution >= 0.6 is 11.3 Å². The van der Waals surface area contributed by atoms with E-state index >= 15 is 0 Å². The third kappa shape index (κ3) is 2.30. The summed E-state index contributed by atoms with van der Waals surface area (Å²) < 4.78 is 12.8. The number of nitrogens with zero attached hydrogens (tertiary/aromatic N) is 1. The highest BCUT2D eigenvalue weighted by molar-refractivity contribution is 7.15. The number of rotatable bonds is 1. The predicted molar refractivity (Wildman–Crippen MR) is 66.2 cm³/mol. The van der Waals surface area contributed by atoms with Gasteiger partial charge in [0.1, 0.15) is 5.82 Å². The summed E-state index contributed by atoms with van der Waals surface area (Å²) in [6.07, 6.45) is 1.86. The monoisotopic (exact) mass is 235 g/mol. The molecule has 2 aromatic rings. The Morgan fingerprint density at radius 2 is 1.75 bits per heavy atom. The summed E-state index contributed by atoms with van der Waals surface area (Å²) in [6.45, 7) is 6.42. The van der Waals surface area contributed by atoms with E-state index in [1.165, 1.54) is 12.1 Å². The van der Waals surface area contributed by atoms with Crippen LogP contribution in [-0.4, -0.2) is 4.98 Å². The molecule has 0 aliphatic carbocycles. The van der Waals surface area contributed by atoms with Crippen molar-refractivity contribution in [1.29, 1.82) is 0 Å².